The van der Waals surface area contributed by atoms with Gasteiger partial charge >= 0.3 is 0 Å². The quantitative estimate of drug-likeness (QED) is 0.578. The first-order valence-corrected chi connectivity index (χ1v) is 7.52. The summed E-state index contributed by atoms with van der Waals surface area (Å²) in [6.45, 7) is 9.56. The standard InChI is InChI=1S/C17H28O2/c1-4-6-11-18-12-13-19-14-16-7-9-17(10-8-16)15(3)5-2/h7-10,15H,4-6,11-14H2,1-3H3. The van der Waals surface area contributed by atoms with Crippen LogP contribution >= 0.6 is 0 Å². The van der Waals surface area contributed by atoms with Gasteiger partial charge in [0.15, 0.2) is 0 Å². The van der Waals surface area contributed by atoms with Crippen LogP contribution in [0.5, 0.6) is 0 Å². The Kier molecular flexibility index (Phi) is 8.52. The molecule has 1 aromatic rings. The summed E-state index contributed by atoms with van der Waals surface area (Å²) >= 11 is 0. The van der Waals surface area contributed by atoms with Crippen LogP contribution in [-0.4, -0.2) is 19.8 Å². The molecule has 108 valence electrons. The molecule has 1 atom stereocenters. The lowest BCUT2D eigenvalue weighted by Crippen LogP contribution is -2.05. The monoisotopic (exact) mass is 264 g/mol. The number of hydrogen-bond donors (Lipinski definition) is 0. The van der Waals surface area contributed by atoms with Crippen molar-refractivity contribution >= 4 is 0 Å². The van der Waals surface area contributed by atoms with E-state index in [2.05, 4.69) is 45.0 Å². The Bertz CT molecular complexity index is 319. The van der Waals surface area contributed by atoms with Crippen molar-refractivity contribution in [2.24, 2.45) is 0 Å². The summed E-state index contributed by atoms with van der Waals surface area (Å²) in [4.78, 5) is 0. The van der Waals surface area contributed by atoms with E-state index in [1.807, 2.05) is 0 Å². The first-order valence-electron chi connectivity index (χ1n) is 7.52. The smallest absolute Gasteiger partial charge is 0.0718 e. The van der Waals surface area contributed by atoms with Crippen molar-refractivity contribution in [1.82, 2.24) is 0 Å². The molecule has 0 aromatic heterocycles. The molecule has 1 rings (SSSR count). The Morgan fingerprint density at radius 1 is 0.947 bits per heavy atom. The van der Waals surface area contributed by atoms with Crippen LogP contribution in [-0.2, 0) is 16.1 Å². The Balaban J connectivity index is 2.16. The van der Waals surface area contributed by atoms with Gasteiger partial charge in [-0.15, -0.1) is 0 Å². The van der Waals surface area contributed by atoms with Gasteiger partial charge in [0.1, 0.15) is 0 Å². The highest BCUT2D eigenvalue weighted by Gasteiger charge is 2.02. The molecule has 0 aliphatic heterocycles. The third kappa shape index (κ3) is 6.74. The maximum atomic E-state index is 5.60. The van der Waals surface area contributed by atoms with Crippen LogP contribution in [0.15, 0.2) is 24.3 Å². The summed E-state index contributed by atoms with van der Waals surface area (Å²) in [7, 11) is 0. The molecule has 2 heteroatoms. The average molecular weight is 264 g/mol. The summed E-state index contributed by atoms with van der Waals surface area (Å²) in [6, 6.07) is 8.76. The van der Waals surface area contributed by atoms with Gasteiger partial charge in [-0.1, -0.05) is 51.5 Å². The van der Waals surface area contributed by atoms with E-state index in [9.17, 15) is 0 Å². The Morgan fingerprint density at radius 2 is 1.63 bits per heavy atom. The molecule has 0 aliphatic rings. The number of hydrogen-bond acceptors (Lipinski definition) is 2. The molecule has 2 nitrogen and oxygen atoms in total. The second kappa shape index (κ2) is 9.99. The summed E-state index contributed by atoms with van der Waals surface area (Å²) in [6.07, 6.45) is 3.51. The van der Waals surface area contributed by atoms with Crippen molar-refractivity contribution < 1.29 is 9.47 Å². The minimum atomic E-state index is 0.641. The fraction of sp³-hybridized carbons (Fsp3) is 0.647. The van der Waals surface area contributed by atoms with Crippen LogP contribution in [0.4, 0.5) is 0 Å². The Hall–Kier alpha value is -0.860. The first kappa shape index (κ1) is 16.2. The van der Waals surface area contributed by atoms with Gasteiger partial charge in [-0.05, 0) is 29.9 Å². The molecule has 0 aliphatic carbocycles. The average Bonchev–Trinajstić information content (AvgIpc) is 2.46. The van der Waals surface area contributed by atoms with Crippen LogP contribution in [0.2, 0.25) is 0 Å². The minimum Gasteiger partial charge on any atom is -0.379 e. The molecular weight excluding hydrogens is 236 g/mol. The normalized spacial score (nSPS) is 12.6. The zero-order valence-electron chi connectivity index (χ0n) is 12.7. The summed E-state index contributed by atoms with van der Waals surface area (Å²) in [5, 5.41) is 0. The van der Waals surface area contributed by atoms with Gasteiger partial charge in [0, 0.05) is 6.61 Å². The number of unbranched alkanes of at least 4 members (excludes halogenated alkanes) is 1. The molecule has 0 radical (unpaired) electrons. The second-order valence-electron chi connectivity index (χ2n) is 5.07. The fourth-order valence-electron chi connectivity index (χ4n) is 1.83. The van der Waals surface area contributed by atoms with E-state index in [4.69, 9.17) is 9.47 Å². The van der Waals surface area contributed by atoms with Crippen LogP contribution in [0.25, 0.3) is 0 Å². The van der Waals surface area contributed by atoms with E-state index in [0.717, 1.165) is 13.0 Å². The van der Waals surface area contributed by atoms with E-state index in [0.29, 0.717) is 25.7 Å². The van der Waals surface area contributed by atoms with Gasteiger partial charge in [-0.3, -0.25) is 0 Å². The lowest BCUT2D eigenvalue weighted by molar-refractivity contribution is 0.0397. The summed E-state index contributed by atoms with van der Waals surface area (Å²) in [5.41, 5.74) is 2.65. The van der Waals surface area contributed by atoms with Crippen molar-refractivity contribution in [3.05, 3.63) is 35.4 Å². The Labute approximate surface area is 118 Å². The van der Waals surface area contributed by atoms with Crippen molar-refractivity contribution in [1.29, 1.82) is 0 Å². The van der Waals surface area contributed by atoms with Gasteiger partial charge in [-0.25, -0.2) is 0 Å². The first-order chi connectivity index (χ1) is 9.27. The van der Waals surface area contributed by atoms with Crippen LogP contribution < -0.4 is 0 Å². The molecule has 0 amide bonds. The zero-order chi connectivity index (χ0) is 13.9. The van der Waals surface area contributed by atoms with E-state index in [-0.39, 0.29) is 0 Å². The van der Waals surface area contributed by atoms with Crippen molar-refractivity contribution in [3.8, 4) is 0 Å². The molecule has 19 heavy (non-hydrogen) atoms. The highest BCUT2D eigenvalue weighted by molar-refractivity contribution is 5.24. The van der Waals surface area contributed by atoms with E-state index in [1.54, 1.807) is 0 Å². The largest absolute Gasteiger partial charge is 0.379 e. The molecule has 0 spiro atoms. The van der Waals surface area contributed by atoms with Crippen LogP contribution in [0.3, 0.4) is 0 Å². The topological polar surface area (TPSA) is 18.5 Å². The third-order valence-corrected chi connectivity index (χ3v) is 3.44. The maximum absolute atomic E-state index is 5.60. The predicted molar refractivity (Wildman–Crippen MR) is 80.5 cm³/mol. The zero-order valence-corrected chi connectivity index (χ0v) is 12.7. The molecule has 0 N–H and O–H groups in total. The van der Waals surface area contributed by atoms with Crippen LogP contribution in [0, 0.1) is 0 Å². The summed E-state index contributed by atoms with van der Waals surface area (Å²) in [5.74, 6) is 0.641. The number of benzene rings is 1. The molecule has 0 saturated heterocycles. The van der Waals surface area contributed by atoms with Crippen molar-refractivity contribution in [3.63, 3.8) is 0 Å². The number of ether oxygens (including phenoxy) is 2. The van der Waals surface area contributed by atoms with Gasteiger partial charge in [-0.2, -0.15) is 0 Å². The number of rotatable bonds is 10. The van der Waals surface area contributed by atoms with Crippen LogP contribution in [0.1, 0.15) is 57.1 Å². The predicted octanol–water partition coefficient (Wildman–Crippen LogP) is 4.53. The highest BCUT2D eigenvalue weighted by Crippen LogP contribution is 2.18. The molecule has 0 bridgehead atoms. The molecule has 1 aromatic carbocycles. The fourth-order valence-corrected chi connectivity index (χ4v) is 1.83. The van der Waals surface area contributed by atoms with Gasteiger partial charge in [0.25, 0.3) is 0 Å². The molecule has 0 saturated carbocycles. The van der Waals surface area contributed by atoms with E-state index in [1.165, 1.54) is 24.0 Å². The van der Waals surface area contributed by atoms with Gasteiger partial charge in [0.05, 0.1) is 19.8 Å². The Morgan fingerprint density at radius 3 is 2.26 bits per heavy atom. The highest BCUT2D eigenvalue weighted by atomic mass is 16.5. The molecule has 0 heterocycles. The molecule has 0 fully saturated rings. The van der Waals surface area contributed by atoms with Crippen molar-refractivity contribution in [2.75, 3.05) is 19.8 Å². The molecule has 1 unspecified atom stereocenters. The maximum Gasteiger partial charge on any atom is 0.0718 e. The summed E-state index contributed by atoms with van der Waals surface area (Å²) < 4.78 is 11.1. The second-order valence-corrected chi connectivity index (χ2v) is 5.07. The van der Waals surface area contributed by atoms with Crippen molar-refractivity contribution in [2.45, 2.75) is 52.6 Å². The lowest BCUT2D eigenvalue weighted by atomic mass is 9.98. The SMILES string of the molecule is CCCCOCCOCc1ccc(C(C)CC)cc1. The molecular formula is C17H28O2. The van der Waals surface area contributed by atoms with E-state index >= 15 is 0 Å². The lowest BCUT2D eigenvalue weighted by Gasteiger charge is -2.10. The van der Waals surface area contributed by atoms with E-state index < -0.39 is 0 Å². The third-order valence-electron chi connectivity index (χ3n) is 3.44. The van der Waals surface area contributed by atoms with Gasteiger partial charge in [0.2, 0.25) is 0 Å². The minimum absolute atomic E-state index is 0.641. The van der Waals surface area contributed by atoms with Gasteiger partial charge < -0.3 is 9.47 Å².